The van der Waals surface area contributed by atoms with Gasteiger partial charge < -0.3 is 15.5 Å². The number of piperidine rings is 1. The van der Waals surface area contributed by atoms with Crippen molar-refractivity contribution in [1.82, 2.24) is 10.2 Å². The van der Waals surface area contributed by atoms with Gasteiger partial charge in [0.25, 0.3) is 5.91 Å². The Balaban J connectivity index is 1.63. The first kappa shape index (κ1) is 19.9. The van der Waals surface area contributed by atoms with Crippen molar-refractivity contribution in [2.45, 2.75) is 38.5 Å². The lowest BCUT2D eigenvalue weighted by atomic mass is 9.89. The van der Waals surface area contributed by atoms with Gasteiger partial charge in [0.15, 0.2) is 0 Å². The lowest BCUT2D eigenvalue weighted by molar-refractivity contribution is 0.0953. The number of amides is 3. The lowest BCUT2D eigenvalue weighted by Crippen LogP contribution is -2.41. The third kappa shape index (κ3) is 5.35. The second-order valence-electron chi connectivity index (χ2n) is 7.32. The van der Waals surface area contributed by atoms with Crippen LogP contribution in [-0.4, -0.2) is 36.5 Å². The van der Waals surface area contributed by atoms with Crippen molar-refractivity contribution in [1.29, 1.82) is 0 Å². The van der Waals surface area contributed by atoms with Crippen LogP contribution in [0.4, 0.5) is 10.5 Å². The van der Waals surface area contributed by atoms with Gasteiger partial charge in [0, 0.05) is 36.8 Å². The lowest BCUT2D eigenvalue weighted by Gasteiger charge is -2.33. The summed E-state index contributed by atoms with van der Waals surface area (Å²) < 4.78 is 0. The van der Waals surface area contributed by atoms with Gasteiger partial charge in [-0.2, -0.15) is 0 Å². The third-order valence-electron chi connectivity index (χ3n) is 5.17. The summed E-state index contributed by atoms with van der Waals surface area (Å²) in [5, 5.41) is 5.94. The minimum atomic E-state index is -0.0654. The fourth-order valence-corrected chi connectivity index (χ4v) is 3.57. The first-order valence-electron chi connectivity index (χ1n) is 10.2. The number of carbonyl (C=O) groups excluding carboxylic acids is 2. The van der Waals surface area contributed by atoms with Crippen LogP contribution in [0.5, 0.6) is 0 Å². The number of carbonyl (C=O) groups is 2. The van der Waals surface area contributed by atoms with Gasteiger partial charge in [0.05, 0.1) is 0 Å². The molecule has 0 unspecified atom stereocenters. The second-order valence-corrected chi connectivity index (χ2v) is 7.32. The molecule has 28 heavy (non-hydrogen) atoms. The van der Waals surface area contributed by atoms with E-state index in [1.165, 1.54) is 0 Å². The molecular formula is C23H29N3O2. The van der Waals surface area contributed by atoms with Crippen molar-refractivity contribution in [2.24, 2.45) is 0 Å². The number of nitrogens with zero attached hydrogens (tertiary/aromatic N) is 1. The number of hydrogen-bond acceptors (Lipinski definition) is 2. The molecule has 2 N–H and O–H groups in total. The maximum absolute atomic E-state index is 12.6. The van der Waals surface area contributed by atoms with Crippen molar-refractivity contribution in [3.8, 4) is 0 Å². The van der Waals surface area contributed by atoms with E-state index in [4.69, 9.17) is 0 Å². The summed E-state index contributed by atoms with van der Waals surface area (Å²) in [4.78, 5) is 26.8. The largest absolute Gasteiger partial charge is 0.352 e. The van der Waals surface area contributed by atoms with Crippen molar-refractivity contribution < 1.29 is 9.59 Å². The predicted octanol–water partition coefficient (Wildman–Crippen LogP) is 4.63. The van der Waals surface area contributed by atoms with Crippen LogP contribution in [0.25, 0.3) is 0 Å². The minimum Gasteiger partial charge on any atom is -0.352 e. The van der Waals surface area contributed by atoms with Gasteiger partial charge in [0.1, 0.15) is 0 Å². The number of rotatable bonds is 6. The summed E-state index contributed by atoms with van der Waals surface area (Å²) in [7, 11) is 0. The molecule has 1 aliphatic heterocycles. The molecule has 1 aliphatic rings. The second kappa shape index (κ2) is 9.93. The number of nitrogens with one attached hydrogen (secondary N) is 2. The molecule has 0 saturated carbocycles. The van der Waals surface area contributed by atoms with E-state index in [0.29, 0.717) is 18.7 Å². The molecule has 0 bridgehead atoms. The molecule has 3 rings (SSSR count). The van der Waals surface area contributed by atoms with Gasteiger partial charge in [-0.3, -0.25) is 4.79 Å². The number of hydrogen-bond donors (Lipinski definition) is 2. The standard InChI is InChI=1S/C23H29N3O2/c1-2-3-14-24-22(27)19-10-7-9-18(16-19)20-11-8-15-26(17-20)23(28)25-21-12-5-4-6-13-21/h4-7,9-10,12-13,16,20H,2-3,8,11,14-15,17H2,1H3,(H,24,27)(H,25,28)/t20-/m1/s1. The molecule has 5 heteroatoms. The smallest absolute Gasteiger partial charge is 0.321 e. The molecule has 148 valence electrons. The highest BCUT2D eigenvalue weighted by Crippen LogP contribution is 2.28. The summed E-state index contributed by atoms with van der Waals surface area (Å²) in [6.07, 6.45) is 4.03. The maximum atomic E-state index is 12.6. The highest BCUT2D eigenvalue weighted by Gasteiger charge is 2.25. The zero-order valence-electron chi connectivity index (χ0n) is 16.5. The van der Waals surface area contributed by atoms with Crippen molar-refractivity contribution in [3.05, 3.63) is 65.7 Å². The summed E-state index contributed by atoms with van der Waals surface area (Å²) in [5.41, 5.74) is 2.63. The van der Waals surface area contributed by atoms with E-state index >= 15 is 0 Å². The number of para-hydroxylation sites is 1. The predicted molar refractivity (Wildman–Crippen MR) is 113 cm³/mol. The van der Waals surface area contributed by atoms with Crippen LogP contribution in [0.15, 0.2) is 54.6 Å². The summed E-state index contributed by atoms with van der Waals surface area (Å²) in [5.74, 6) is 0.225. The quantitative estimate of drug-likeness (QED) is 0.719. The van der Waals surface area contributed by atoms with Crippen LogP contribution < -0.4 is 10.6 Å². The average molecular weight is 380 g/mol. The number of anilines is 1. The molecule has 1 heterocycles. The first-order valence-corrected chi connectivity index (χ1v) is 10.2. The molecule has 3 amide bonds. The molecule has 0 radical (unpaired) electrons. The Morgan fingerprint density at radius 2 is 1.93 bits per heavy atom. The fourth-order valence-electron chi connectivity index (χ4n) is 3.57. The molecular weight excluding hydrogens is 350 g/mol. The van der Waals surface area contributed by atoms with E-state index in [1.54, 1.807) is 0 Å². The van der Waals surface area contributed by atoms with E-state index in [-0.39, 0.29) is 17.9 Å². The Hall–Kier alpha value is -2.82. The van der Waals surface area contributed by atoms with Crippen molar-refractivity contribution >= 4 is 17.6 Å². The van der Waals surface area contributed by atoms with Gasteiger partial charge in [-0.15, -0.1) is 0 Å². The molecule has 0 aliphatic carbocycles. The van der Waals surface area contributed by atoms with Crippen LogP contribution in [0.2, 0.25) is 0 Å². The fraction of sp³-hybridized carbons (Fsp3) is 0.391. The van der Waals surface area contributed by atoms with Gasteiger partial charge in [-0.25, -0.2) is 4.79 Å². The van der Waals surface area contributed by atoms with Gasteiger partial charge in [0.2, 0.25) is 0 Å². The van der Waals surface area contributed by atoms with Crippen LogP contribution in [0.3, 0.4) is 0 Å². The molecule has 0 aromatic heterocycles. The molecule has 5 nitrogen and oxygen atoms in total. The first-order chi connectivity index (χ1) is 13.7. The Bertz CT molecular complexity index is 791. The Morgan fingerprint density at radius 3 is 2.71 bits per heavy atom. The van der Waals surface area contributed by atoms with Gasteiger partial charge in [-0.05, 0) is 49.1 Å². The molecule has 1 saturated heterocycles. The molecule has 2 aromatic carbocycles. The zero-order chi connectivity index (χ0) is 19.8. The Kier molecular flexibility index (Phi) is 7.06. The van der Waals surface area contributed by atoms with Crippen LogP contribution in [-0.2, 0) is 0 Å². The monoisotopic (exact) mass is 379 g/mol. The molecule has 2 aromatic rings. The third-order valence-corrected chi connectivity index (χ3v) is 5.17. The SMILES string of the molecule is CCCCNC(=O)c1cccc([C@@H]2CCCN(C(=O)Nc3ccccc3)C2)c1. The molecule has 0 spiro atoms. The normalized spacial score (nSPS) is 16.5. The van der Waals surface area contributed by atoms with Crippen LogP contribution in [0.1, 0.15) is 54.4 Å². The van der Waals surface area contributed by atoms with E-state index < -0.39 is 0 Å². The summed E-state index contributed by atoms with van der Waals surface area (Å²) >= 11 is 0. The van der Waals surface area contributed by atoms with E-state index in [0.717, 1.165) is 43.5 Å². The minimum absolute atomic E-state index is 0.0233. The number of unbranched alkanes of at least 4 members (excludes halogenated alkanes) is 1. The van der Waals surface area contributed by atoms with Gasteiger partial charge >= 0.3 is 6.03 Å². The highest BCUT2D eigenvalue weighted by molar-refractivity contribution is 5.94. The van der Waals surface area contributed by atoms with E-state index in [1.807, 2.05) is 53.4 Å². The highest BCUT2D eigenvalue weighted by atomic mass is 16.2. The number of benzene rings is 2. The van der Waals surface area contributed by atoms with E-state index in [9.17, 15) is 9.59 Å². The van der Waals surface area contributed by atoms with Crippen molar-refractivity contribution in [2.75, 3.05) is 25.0 Å². The summed E-state index contributed by atoms with van der Waals surface area (Å²) in [6.45, 7) is 4.23. The topological polar surface area (TPSA) is 61.4 Å². The Labute approximate surface area is 167 Å². The van der Waals surface area contributed by atoms with Crippen molar-refractivity contribution in [3.63, 3.8) is 0 Å². The zero-order valence-corrected chi connectivity index (χ0v) is 16.5. The number of urea groups is 1. The average Bonchev–Trinajstić information content (AvgIpc) is 2.75. The van der Waals surface area contributed by atoms with Gasteiger partial charge in [-0.1, -0.05) is 43.7 Å². The summed E-state index contributed by atoms with van der Waals surface area (Å²) in [6, 6.07) is 17.3. The maximum Gasteiger partial charge on any atom is 0.321 e. The van der Waals surface area contributed by atoms with E-state index in [2.05, 4.69) is 23.6 Å². The van der Waals surface area contributed by atoms with Crippen LogP contribution >= 0.6 is 0 Å². The molecule has 1 fully saturated rings. The van der Waals surface area contributed by atoms with Crippen LogP contribution in [0, 0.1) is 0 Å². The molecule has 1 atom stereocenters. The number of likely N-dealkylation sites (tertiary alicyclic amines) is 1. The Morgan fingerprint density at radius 1 is 1.11 bits per heavy atom.